The molecule has 0 heterocycles. The average Bonchev–Trinajstić information content (AvgIpc) is 1.80. The van der Waals surface area contributed by atoms with E-state index in [-0.39, 0.29) is 11.5 Å². The molecular weight excluding hydrogens is 126 g/mol. The fourth-order valence-corrected chi connectivity index (χ4v) is 1.06. The maximum Gasteiger partial charge on any atom is 0.0631 e. The standard InChI is InChI=1S/C8H19NO/c1-8(2,3)7(10-4)5-6-9/h7H,5-6,9H2,1-4H3. The van der Waals surface area contributed by atoms with Gasteiger partial charge in [0.05, 0.1) is 6.10 Å². The van der Waals surface area contributed by atoms with E-state index in [4.69, 9.17) is 10.5 Å². The van der Waals surface area contributed by atoms with Gasteiger partial charge in [0.2, 0.25) is 0 Å². The quantitative estimate of drug-likeness (QED) is 0.651. The molecule has 0 aliphatic heterocycles. The van der Waals surface area contributed by atoms with Gasteiger partial charge in [-0.3, -0.25) is 0 Å². The Hall–Kier alpha value is -0.0800. The van der Waals surface area contributed by atoms with E-state index in [1.54, 1.807) is 7.11 Å². The number of hydrogen-bond donors (Lipinski definition) is 1. The van der Waals surface area contributed by atoms with E-state index in [0.29, 0.717) is 6.54 Å². The van der Waals surface area contributed by atoms with Gasteiger partial charge in [0.15, 0.2) is 0 Å². The summed E-state index contributed by atoms with van der Waals surface area (Å²) in [4.78, 5) is 0. The maximum atomic E-state index is 5.42. The molecule has 0 saturated carbocycles. The molecule has 0 bridgehead atoms. The van der Waals surface area contributed by atoms with Crippen LogP contribution in [0.25, 0.3) is 0 Å². The third-order valence-electron chi connectivity index (χ3n) is 1.68. The zero-order chi connectivity index (χ0) is 8.20. The van der Waals surface area contributed by atoms with Gasteiger partial charge < -0.3 is 10.5 Å². The van der Waals surface area contributed by atoms with Crippen molar-refractivity contribution < 1.29 is 4.74 Å². The van der Waals surface area contributed by atoms with Crippen LogP contribution in [0.4, 0.5) is 0 Å². The number of methoxy groups -OCH3 is 1. The predicted octanol–water partition coefficient (Wildman–Crippen LogP) is 1.40. The molecule has 0 radical (unpaired) electrons. The molecule has 2 heteroatoms. The average molecular weight is 145 g/mol. The zero-order valence-electron chi connectivity index (χ0n) is 7.48. The first-order chi connectivity index (χ1) is 4.52. The highest BCUT2D eigenvalue weighted by Crippen LogP contribution is 2.23. The summed E-state index contributed by atoms with van der Waals surface area (Å²) >= 11 is 0. The Morgan fingerprint density at radius 1 is 1.40 bits per heavy atom. The first-order valence-electron chi connectivity index (χ1n) is 3.75. The maximum absolute atomic E-state index is 5.42. The minimum absolute atomic E-state index is 0.216. The largest absolute Gasteiger partial charge is 0.381 e. The molecule has 0 aliphatic carbocycles. The summed E-state index contributed by atoms with van der Waals surface area (Å²) in [6, 6.07) is 0. The summed E-state index contributed by atoms with van der Waals surface area (Å²) in [5.74, 6) is 0. The second kappa shape index (κ2) is 3.94. The van der Waals surface area contributed by atoms with Gasteiger partial charge in [-0.15, -0.1) is 0 Å². The van der Waals surface area contributed by atoms with Gasteiger partial charge in [0.1, 0.15) is 0 Å². The highest BCUT2D eigenvalue weighted by atomic mass is 16.5. The highest BCUT2D eigenvalue weighted by molar-refractivity contribution is 4.73. The molecule has 0 aliphatic rings. The molecular formula is C8H19NO. The smallest absolute Gasteiger partial charge is 0.0631 e. The van der Waals surface area contributed by atoms with E-state index in [1.165, 1.54) is 0 Å². The lowest BCUT2D eigenvalue weighted by molar-refractivity contribution is 0.0126. The Balaban J connectivity index is 3.81. The van der Waals surface area contributed by atoms with E-state index in [9.17, 15) is 0 Å². The number of hydrogen-bond acceptors (Lipinski definition) is 2. The van der Waals surface area contributed by atoms with Crippen molar-refractivity contribution in [3.63, 3.8) is 0 Å². The van der Waals surface area contributed by atoms with Crippen molar-refractivity contribution in [2.75, 3.05) is 13.7 Å². The molecule has 1 unspecified atom stereocenters. The number of nitrogens with two attached hydrogens (primary N) is 1. The molecule has 2 nitrogen and oxygen atoms in total. The third kappa shape index (κ3) is 3.18. The Kier molecular flexibility index (Phi) is 3.91. The van der Waals surface area contributed by atoms with Gasteiger partial charge in [0, 0.05) is 7.11 Å². The second-order valence-corrected chi connectivity index (χ2v) is 3.67. The Bertz CT molecular complexity index is 85.7. The molecule has 0 rings (SSSR count). The molecule has 10 heavy (non-hydrogen) atoms. The molecule has 0 aromatic carbocycles. The van der Waals surface area contributed by atoms with E-state index >= 15 is 0 Å². The third-order valence-corrected chi connectivity index (χ3v) is 1.68. The van der Waals surface area contributed by atoms with Crippen LogP contribution in [0.2, 0.25) is 0 Å². The van der Waals surface area contributed by atoms with Crippen molar-refractivity contribution in [1.82, 2.24) is 0 Å². The molecule has 0 fully saturated rings. The molecule has 1 atom stereocenters. The SMILES string of the molecule is COC(CCN)C(C)(C)C. The van der Waals surface area contributed by atoms with Crippen molar-refractivity contribution in [2.24, 2.45) is 11.1 Å². The van der Waals surface area contributed by atoms with E-state index in [0.717, 1.165) is 6.42 Å². The van der Waals surface area contributed by atoms with Crippen molar-refractivity contribution in [3.05, 3.63) is 0 Å². The summed E-state index contributed by atoms with van der Waals surface area (Å²) in [6.45, 7) is 7.19. The van der Waals surface area contributed by atoms with Gasteiger partial charge in [-0.2, -0.15) is 0 Å². The lowest BCUT2D eigenvalue weighted by Gasteiger charge is -2.28. The summed E-state index contributed by atoms with van der Waals surface area (Å²) in [7, 11) is 1.74. The van der Waals surface area contributed by atoms with Crippen LogP contribution in [0.3, 0.4) is 0 Å². The summed E-state index contributed by atoms with van der Waals surface area (Å²) < 4.78 is 5.28. The van der Waals surface area contributed by atoms with E-state index in [1.807, 2.05) is 0 Å². The van der Waals surface area contributed by atoms with Crippen LogP contribution >= 0.6 is 0 Å². The van der Waals surface area contributed by atoms with Crippen molar-refractivity contribution in [3.8, 4) is 0 Å². The van der Waals surface area contributed by atoms with E-state index < -0.39 is 0 Å². The van der Waals surface area contributed by atoms with Crippen LogP contribution in [0, 0.1) is 5.41 Å². The summed E-state index contributed by atoms with van der Waals surface area (Å²) in [5.41, 5.74) is 5.64. The summed E-state index contributed by atoms with van der Waals surface area (Å²) in [6.07, 6.45) is 1.23. The molecule has 0 spiro atoms. The van der Waals surface area contributed by atoms with Crippen molar-refractivity contribution >= 4 is 0 Å². The van der Waals surface area contributed by atoms with Gasteiger partial charge >= 0.3 is 0 Å². The van der Waals surface area contributed by atoms with Gasteiger partial charge in [-0.1, -0.05) is 20.8 Å². The Morgan fingerprint density at radius 2 is 1.90 bits per heavy atom. The molecule has 0 amide bonds. The highest BCUT2D eigenvalue weighted by Gasteiger charge is 2.22. The van der Waals surface area contributed by atoms with Crippen LogP contribution in [0.15, 0.2) is 0 Å². The Morgan fingerprint density at radius 3 is 2.00 bits per heavy atom. The zero-order valence-corrected chi connectivity index (χ0v) is 7.48. The number of ether oxygens (including phenoxy) is 1. The van der Waals surface area contributed by atoms with Crippen molar-refractivity contribution in [1.29, 1.82) is 0 Å². The van der Waals surface area contributed by atoms with Gasteiger partial charge in [-0.25, -0.2) is 0 Å². The predicted molar refractivity (Wildman–Crippen MR) is 43.9 cm³/mol. The normalized spacial score (nSPS) is 15.3. The monoisotopic (exact) mass is 145 g/mol. The van der Waals surface area contributed by atoms with Gasteiger partial charge in [0.25, 0.3) is 0 Å². The van der Waals surface area contributed by atoms with Crippen LogP contribution < -0.4 is 5.73 Å². The number of rotatable bonds is 3. The molecule has 2 N–H and O–H groups in total. The van der Waals surface area contributed by atoms with Crippen LogP contribution in [0.1, 0.15) is 27.2 Å². The first kappa shape index (κ1) is 9.92. The molecule has 0 aromatic heterocycles. The summed E-state index contributed by atoms with van der Waals surface area (Å²) in [5, 5.41) is 0. The molecule has 62 valence electrons. The first-order valence-corrected chi connectivity index (χ1v) is 3.75. The minimum Gasteiger partial charge on any atom is -0.381 e. The Labute approximate surface area is 63.7 Å². The lowest BCUT2D eigenvalue weighted by Crippen LogP contribution is -2.30. The molecule has 0 aromatic rings. The van der Waals surface area contributed by atoms with E-state index in [2.05, 4.69) is 20.8 Å². The minimum atomic E-state index is 0.216. The lowest BCUT2D eigenvalue weighted by atomic mass is 9.87. The fraction of sp³-hybridized carbons (Fsp3) is 1.00. The van der Waals surface area contributed by atoms with Gasteiger partial charge in [-0.05, 0) is 18.4 Å². The van der Waals surface area contributed by atoms with Crippen LogP contribution in [0.5, 0.6) is 0 Å². The fourth-order valence-electron chi connectivity index (χ4n) is 1.06. The van der Waals surface area contributed by atoms with Crippen LogP contribution in [-0.4, -0.2) is 19.8 Å². The van der Waals surface area contributed by atoms with Crippen molar-refractivity contribution in [2.45, 2.75) is 33.3 Å². The molecule has 0 saturated heterocycles. The second-order valence-electron chi connectivity index (χ2n) is 3.67. The van der Waals surface area contributed by atoms with Crippen LogP contribution in [-0.2, 0) is 4.74 Å². The topological polar surface area (TPSA) is 35.2 Å².